The maximum absolute atomic E-state index is 12.2. The smallest absolute Gasteiger partial charge is 0.322 e. The second kappa shape index (κ2) is 6.05. The molecule has 1 aliphatic heterocycles. The van der Waals surface area contributed by atoms with Crippen LogP contribution in [0.2, 0.25) is 0 Å². The molecule has 0 unspecified atom stereocenters. The van der Waals surface area contributed by atoms with E-state index < -0.39 is 0 Å². The first-order valence-corrected chi connectivity index (χ1v) is 8.73. The number of rotatable bonds is 2. The maximum Gasteiger partial charge on any atom is 0.322 e. The van der Waals surface area contributed by atoms with E-state index in [0.717, 1.165) is 29.1 Å². The van der Waals surface area contributed by atoms with Gasteiger partial charge < -0.3 is 9.80 Å². The Hall–Kier alpha value is -2.33. The Morgan fingerprint density at radius 3 is 2.87 bits per heavy atom. The molecule has 1 N–H and O–H groups in total. The number of amides is 2. The summed E-state index contributed by atoms with van der Waals surface area (Å²) in [5.74, 6) is 0.955. The van der Waals surface area contributed by atoms with Crippen LogP contribution in [-0.4, -0.2) is 56.7 Å². The molecule has 4 heterocycles. The van der Waals surface area contributed by atoms with Gasteiger partial charge in [0.05, 0.1) is 16.4 Å². The van der Waals surface area contributed by atoms with E-state index in [9.17, 15) is 4.79 Å². The third-order valence-corrected chi connectivity index (χ3v) is 5.16. The lowest BCUT2D eigenvalue weighted by molar-refractivity contribution is 0.208. The molecule has 0 bridgehead atoms. The molecule has 1 fully saturated rings. The van der Waals surface area contributed by atoms with E-state index in [0.29, 0.717) is 18.1 Å². The largest absolute Gasteiger partial charge is 0.352 e. The van der Waals surface area contributed by atoms with Crippen molar-refractivity contribution in [1.29, 1.82) is 0 Å². The van der Waals surface area contributed by atoms with Crippen molar-refractivity contribution in [3.8, 4) is 0 Å². The van der Waals surface area contributed by atoms with Gasteiger partial charge in [-0.1, -0.05) is 4.49 Å². The van der Waals surface area contributed by atoms with Crippen molar-refractivity contribution in [2.45, 2.75) is 0 Å². The normalized spacial score (nSPS) is 15.1. The standard InChI is InChI=1S/C13H13N7OS2/c21-13(17-10-7-16-18-23-10)20-4-2-19(3-5-20)12-11-9(1-6-22-11)14-8-15-12/h1,6-8H,2-5H2,(H,17,21). The predicted octanol–water partition coefficient (Wildman–Crippen LogP) is 1.90. The fraction of sp³-hybridized carbons (Fsp3) is 0.308. The van der Waals surface area contributed by atoms with Gasteiger partial charge in [-0.2, -0.15) is 0 Å². The first-order chi connectivity index (χ1) is 11.3. The van der Waals surface area contributed by atoms with Crippen LogP contribution in [0.15, 0.2) is 24.0 Å². The zero-order valence-corrected chi connectivity index (χ0v) is 13.7. The first-order valence-electron chi connectivity index (χ1n) is 7.08. The summed E-state index contributed by atoms with van der Waals surface area (Å²) in [4.78, 5) is 24.9. The number of carbonyl (C=O) groups is 1. The molecule has 0 radical (unpaired) electrons. The van der Waals surface area contributed by atoms with Gasteiger partial charge in [-0.15, -0.1) is 16.4 Å². The minimum atomic E-state index is -0.111. The molecule has 0 aromatic carbocycles. The van der Waals surface area contributed by atoms with Crippen molar-refractivity contribution in [1.82, 2.24) is 24.5 Å². The molecule has 0 aliphatic carbocycles. The number of piperazine rings is 1. The molecule has 118 valence electrons. The number of carbonyl (C=O) groups excluding carboxylic acids is 1. The molecule has 0 saturated carbocycles. The van der Waals surface area contributed by atoms with Gasteiger partial charge in [-0.25, -0.2) is 14.8 Å². The molecule has 4 rings (SSSR count). The van der Waals surface area contributed by atoms with E-state index in [1.54, 1.807) is 28.8 Å². The van der Waals surface area contributed by atoms with E-state index in [1.807, 2.05) is 11.4 Å². The maximum atomic E-state index is 12.2. The number of fused-ring (bicyclic) bond motifs is 1. The Balaban J connectivity index is 1.43. The summed E-state index contributed by atoms with van der Waals surface area (Å²) in [5, 5.41) is 9.20. The number of aromatic nitrogens is 4. The molecule has 3 aromatic rings. The Morgan fingerprint density at radius 2 is 2.09 bits per heavy atom. The van der Waals surface area contributed by atoms with Gasteiger partial charge in [0.25, 0.3) is 0 Å². The quantitative estimate of drug-likeness (QED) is 0.762. The van der Waals surface area contributed by atoms with Crippen molar-refractivity contribution in [3.63, 3.8) is 0 Å². The van der Waals surface area contributed by atoms with Crippen LogP contribution in [0.4, 0.5) is 15.6 Å². The fourth-order valence-corrected chi connectivity index (χ4v) is 3.80. The summed E-state index contributed by atoms with van der Waals surface area (Å²) in [6, 6.07) is 1.89. The van der Waals surface area contributed by atoms with Gasteiger partial charge in [0.15, 0.2) is 0 Å². The highest BCUT2D eigenvalue weighted by atomic mass is 32.1. The minimum absolute atomic E-state index is 0.111. The number of nitrogens with one attached hydrogen (secondary N) is 1. The number of urea groups is 1. The molecular formula is C13H13N7OS2. The van der Waals surface area contributed by atoms with Crippen molar-refractivity contribution < 1.29 is 4.79 Å². The molecule has 0 atom stereocenters. The second-order valence-corrected chi connectivity index (χ2v) is 6.72. The molecule has 8 nitrogen and oxygen atoms in total. The molecule has 23 heavy (non-hydrogen) atoms. The van der Waals surface area contributed by atoms with Crippen molar-refractivity contribution >= 4 is 49.9 Å². The van der Waals surface area contributed by atoms with Gasteiger partial charge in [-0.3, -0.25) is 5.32 Å². The predicted molar refractivity (Wildman–Crippen MR) is 90.1 cm³/mol. The second-order valence-electron chi connectivity index (χ2n) is 5.02. The average molecular weight is 347 g/mol. The summed E-state index contributed by atoms with van der Waals surface area (Å²) in [6.45, 7) is 2.79. The van der Waals surface area contributed by atoms with Crippen LogP contribution in [0.25, 0.3) is 10.2 Å². The summed E-state index contributed by atoms with van der Waals surface area (Å²) in [7, 11) is 0. The number of hydrogen-bond acceptors (Lipinski definition) is 8. The van der Waals surface area contributed by atoms with Crippen LogP contribution >= 0.6 is 22.9 Å². The highest BCUT2D eigenvalue weighted by molar-refractivity contribution is 7.17. The number of anilines is 2. The van der Waals surface area contributed by atoms with Crippen LogP contribution in [-0.2, 0) is 0 Å². The van der Waals surface area contributed by atoms with Gasteiger partial charge in [0, 0.05) is 37.7 Å². The van der Waals surface area contributed by atoms with Gasteiger partial charge in [-0.05, 0) is 11.4 Å². The number of nitrogens with zero attached hydrogens (tertiary/aromatic N) is 6. The molecule has 1 aliphatic rings. The summed E-state index contributed by atoms with van der Waals surface area (Å²) < 4.78 is 4.83. The van der Waals surface area contributed by atoms with E-state index in [-0.39, 0.29) is 6.03 Å². The zero-order chi connectivity index (χ0) is 15.6. The number of thiophene rings is 1. The first kappa shape index (κ1) is 14.3. The Bertz CT molecular complexity index is 811. The SMILES string of the molecule is O=C(Nc1cnns1)N1CCN(c2ncnc3ccsc23)CC1. The summed E-state index contributed by atoms with van der Waals surface area (Å²) >= 11 is 2.81. The minimum Gasteiger partial charge on any atom is -0.352 e. The highest BCUT2D eigenvalue weighted by Gasteiger charge is 2.23. The van der Waals surface area contributed by atoms with Crippen LogP contribution in [0, 0.1) is 0 Å². The van der Waals surface area contributed by atoms with E-state index >= 15 is 0 Å². The third-order valence-electron chi connectivity index (χ3n) is 3.68. The molecule has 1 saturated heterocycles. The van der Waals surface area contributed by atoms with E-state index in [1.165, 1.54) is 11.5 Å². The Labute approximate surface area is 139 Å². The lowest BCUT2D eigenvalue weighted by Gasteiger charge is -2.35. The topological polar surface area (TPSA) is 87.1 Å². The monoisotopic (exact) mass is 347 g/mol. The van der Waals surface area contributed by atoms with Crippen molar-refractivity contribution in [2.24, 2.45) is 0 Å². The van der Waals surface area contributed by atoms with Gasteiger partial charge >= 0.3 is 6.03 Å². The van der Waals surface area contributed by atoms with Crippen LogP contribution in [0.1, 0.15) is 0 Å². The molecule has 10 heteroatoms. The summed E-state index contributed by atoms with van der Waals surface area (Å²) in [5.41, 5.74) is 0.970. The molecule has 3 aromatic heterocycles. The van der Waals surface area contributed by atoms with Gasteiger partial charge in [0.2, 0.25) is 0 Å². The molecular weight excluding hydrogens is 334 g/mol. The van der Waals surface area contributed by atoms with Gasteiger partial charge in [0.1, 0.15) is 17.1 Å². The van der Waals surface area contributed by atoms with Crippen LogP contribution < -0.4 is 10.2 Å². The Morgan fingerprint density at radius 1 is 1.22 bits per heavy atom. The Kier molecular flexibility index (Phi) is 3.75. The van der Waals surface area contributed by atoms with E-state index in [4.69, 9.17) is 0 Å². The third kappa shape index (κ3) is 2.82. The lowest BCUT2D eigenvalue weighted by atomic mass is 10.3. The van der Waals surface area contributed by atoms with Crippen LogP contribution in [0.3, 0.4) is 0 Å². The van der Waals surface area contributed by atoms with Crippen LogP contribution in [0.5, 0.6) is 0 Å². The highest BCUT2D eigenvalue weighted by Crippen LogP contribution is 2.28. The fourth-order valence-electron chi connectivity index (χ4n) is 2.53. The summed E-state index contributed by atoms with van der Waals surface area (Å²) in [6.07, 6.45) is 3.15. The number of hydrogen-bond donors (Lipinski definition) is 1. The average Bonchev–Trinajstić information content (AvgIpc) is 3.25. The lowest BCUT2D eigenvalue weighted by Crippen LogP contribution is -2.50. The molecule has 0 spiro atoms. The van der Waals surface area contributed by atoms with Crippen molar-refractivity contribution in [2.75, 3.05) is 36.4 Å². The zero-order valence-electron chi connectivity index (χ0n) is 12.0. The van der Waals surface area contributed by atoms with E-state index in [2.05, 4.69) is 29.8 Å². The molecule has 2 amide bonds. The van der Waals surface area contributed by atoms with Crippen molar-refractivity contribution in [3.05, 3.63) is 24.0 Å².